The Labute approximate surface area is 198 Å². The maximum atomic E-state index is 13.9. The molecule has 1 amide bonds. The molecule has 0 fully saturated rings. The van der Waals surface area contributed by atoms with Crippen molar-refractivity contribution in [3.05, 3.63) is 107 Å². The van der Waals surface area contributed by atoms with Gasteiger partial charge in [0, 0.05) is 16.8 Å². The van der Waals surface area contributed by atoms with Crippen molar-refractivity contribution in [1.29, 1.82) is 0 Å². The Morgan fingerprint density at radius 2 is 1.50 bits per heavy atom. The number of hydrogen-bond donors (Lipinski definition) is 3. The second-order valence-corrected chi connectivity index (χ2v) is 8.67. The van der Waals surface area contributed by atoms with Gasteiger partial charge < -0.3 is 20.3 Å². The minimum Gasteiger partial charge on any atom is -0.508 e. The standard InChI is InChI=1S/C29H25NO4/c1-17-13-21(14-18(2)27(17)32)29(24-9-4-5-10-26(24)31)23-12-11-20(16-25(23)30-28(29)33)19-7-6-8-22(15-19)34-3/h4-16,31-32H,1-3H3,(H,30,33). The molecule has 5 heteroatoms. The third-order valence-corrected chi connectivity index (χ3v) is 6.65. The van der Waals surface area contributed by atoms with E-state index >= 15 is 0 Å². The number of hydrogen-bond acceptors (Lipinski definition) is 4. The van der Waals surface area contributed by atoms with Crippen molar-refractivity contribution in [2.45, 2.75) is 19.3 Å². The van der Waals surface area contributed by atoms with E-state index in [4.69, 9.17) is 4.74 Å². The Bertz CT molecular complexity index is 1420. The molecule has 1 aliphatic heterocycles. The van der Waals surface area contributed by atoms with Gasteiger partial charge in [-0.15, -0.1) is 0 Å². The number of aromatic hydroxyl groups is 2. The average molecular weight is 452 g/mol. The lowest BCUT2D eigenvalue weighted by Crippen LogP contribution is -2.37. The molecule has 0 radical (unpaired) electrons. The number of carbonyl (C=O) groups excluding carboxylic acids is 1. The van der Waals surface area contributed by atoms with Crippen molar-refractivity contribution in [3.8, 4) is 28.4 Å². The zero-order valence-corrected chi connectivity index (χ0v) is 19.2. The highest BCUT2D eigenvalue weighted by Gasteiger charge is 2.51. The zero-order valence-electron chi connectivity index (χ0n) is 19.2. The molecule has 1 atom stereocenters. The molecule has 1 aliphatic rings. The Hall–Kier alpha value is -4.25. The second-order valence-electron chi connectivity index (χ2n) is 8.67. The number of anilines is 1. The van der Waals surface area contributed by atoms with Crippen molar-refractivity contribution in [1.82, 2.24) is 0 Å². The van der Waals surface area contributed by atoms with Crippen LogP contribution in [-0.4, -0.2) is 23.2 Å². The molecule has 0 aliphatic carbocycles. The van der Waals surface area contributed by atoms with Crippen LogP contribution in [0.1, 0.15) is 27.8 Å². The lowest BCUT2D eigenvalue weighted by atomic mass is 9.69. The number of amides is 1. The molecule has 3 N–H and O–H groups in total. The highest BCUT2D eigenvalue weighted by atomic mass is 16.5. The molecule has 0 aromatic heterocycles. The van der Waals surface area contributed by atoms with E-state index in [0.29, 0.717) is 27.9 Å². The Balaban J connectivity index is 1.78. The molecule has 4 aromatic rings. The third kappa shape index (κ3) is 3.12. The number of methoxy groups -OCH3 is 1. The van der Waals surface area contributed by atoms with Gasteiger partial charge in [0.05, 0.1) is 7.11 Å². The maximum Gasteiger partial charge on any atom is 0.244 e. The fraction of sp³-hybridized carbons (Fsp3) is 0.138. The number of para-hydroxylation sites is 1. The number of fused-ring (bicyclic) bond motifs is 1. The summed E-state index contributed by atoms with van der Waals surface area (Å²) in [5.74, 6) is 0.728. The topological polar surface area (TPSA) is 78.8 Å². The van der Waals surface area contributed by atoms with Crippen molar-refractivity contribution < 1.29 is 19.7 Å². The number of carbonyl (C=O) groups is 1. The van der Waals surface area contributed by atoms with Crippen LogP contribution in [0.25, 0.3) is 11.1 Å². The first-order valence-corrected chi connectivity index (χ1v) is 11.1. The predicted molar refractivity (Wildman–Crippen MR) is 133 cm³/mol. The molecular formula is C29H25NO4. The van der Waals surface area contributed by atoms with Crippen molar-refractivity contribution >= 4 is 11.6 Å². The number of benzene rings is 4. The summed E-state index contributed by atoms with van der Waals surface area (Å²) in [5, 5.41) is 24.3. The van der Waals surface area contributed by atoms with Gasteiger partial charge in [0.25, 0.3) is 0 Å². The molecule has 170 valence electrons. The molecule has 0 spiro atoms. The molecule has 0 saturated carbocycles. The van der Waals surface area contributed by atoms with Crippen molar-refractivity contribution in [2.75, 3.05) is 12.4 Å². The normalized spacial score (nSPS) is 16.7. The zero-order chi connectivity index (χ0) is 24.0. The van der Waals surface area contributed by atoms with Crippen LogP contribution < -0.4 is 10.1 Å². The molecule has 5 nitrogen and oxygen atoms in total. The molecule has 1 heterocycles. The summed E-state index contributed by atoms with van der Waals surface area (Å²) in [6.45, 7) is 3.62. The lowest BCUT2D eigenvalue weighted by Gasteiger charge is -2.30. The van der Waals surface area contributed by atoms with E-state index in [1.54, 1.807) is 25.3 Å². The van der Waals surface area contributed by atoms with Crippen LogP contribution in [-0.2, 0) is 10.2 Å². The Morgan fingerprint density at radius 3 is 2.21 bits per heavy atom. The van der Waals surface area contributed by atoms with Gasteiger partial charge in [-0.05, 0) is 65.9 Å². The summed E-state index contributed by atoms with van der Waals surface area (Å²) in [4.78, 5) is 13.9. The van der Waals surface area contributed by atoms with Gasteiger partial charge in [0.15, 0.2) is 0 Å². The van der Waals surface area contributed by atoms with E-state index in [-0.39, 0.29) is 17.4 Å². The predicted octanol–water partition coefficient (Wildman–Crippen LogP) is 5.68. The van der Waals surface area contributed by atoms with Crippen LogP contribution in [0.2, 0.25) is 0 Å². The van der Waals surface area contributed by atoms with E-state index in [1.165, 1.54) is 0 Å². The monoisotopic (exact) mass is 451 g/mol. The smallest absolute Gasteiger partial charge is 0.244 e. The van der Waals surface area contributed by atoms with E-state index in [1.807, 2.05) is 74.5 Å². The molecule has 0 bridgehead atoms. The van der Waals surface area contributed by atoms with Gasteiger partial charge in [-0.1, -0.05) is 54.6 Å². The van der Waals surface area contributed by atoms with E-state index in [9.17, 15) is 15.0 Å². The molecule has 0 saturated heterocycles. The Morgan fingerprint density at radius 1 is 0.794 bits per heavy atom. The number of ether oxygens (including phenoxy) is 1. The highest BCUT2D eigenvalue weighted by molar-refractivity contribution is 6.12. The van der Waals surface area contributed by atoms with Gasteiger partial charge in [0.1, 0.15) is 22.7 Å². The molecular weight excluding hydrogens is 426 g/mol. The average Bonchev–Trinajstić information content (AvgIpc) is 3.14. The van der Waals surface area contributed by atoms with Crippen LogP contribution in [0, 0.1) is 13.8 Å². The number of phenols is 2. The number of rotatable bonds is 4. The maximum absolute atomic E-state index is 13.9. The first kappa shape index (κ1) is 21.6. The molecule has 5 rings (SSSR count). The fourth-order valence-electron chi connectivity index (χ4n) is 4.97. The van der Waals surface area contributed by atoms with Gasteiger partial charge in [-0.25, -0.2) is 0 Å². The van der Waals surface area contributed by atoms with Crippen LogP contribution in [0.3, 0.4) is 0 Å². The summed E-state index contributed by atoms with van der Waals surface area (Å²) >= 11 is 0. The van der Waals surface area contributed by atoms with Gasteiger partial charge in [0.2, 0.25) is 5.91 Å². The van der Waals surface area contributed by atoms with Crippen LogP contribution in [0.15, 0.2) is 78.9 Å². The number of phenolic OH excluding ortho intramolecular Hbond substituents is 2. The summed E-state index contributed by atoms with van der Waals surface area (Å²) in [5.41, 5.74) is 4.57. The molecule has 4 aromatic carbocycles. The van der Waals surface area contributed by atoms with Crippen LogP contribution >= 0.6 is 0 Å². The fourth-order valence-corrected chi connectivity index (χ4v) is 4.97. The highest BCUT2D eigenvalue weighted by Crippen LogP contribution is 2.51. The molecule has 1 unspecified atom stereocenters. The van der Waals surface area contributed by atoms with E-state index in [0.717, 1.165) is 22.4 Å². The summed E-state index contributed by atoms with van der Waals surface area (Å²) < 4.78 is 5.36. The van der Waals surface area contributed by atoms with Crippen LogP contribution in [0.5, 0.6) is 17.2 Å². The second kappa shape index (κ2) is 7.96. The quantitative estimate of drug-likeness (QED) is 0.373. The number of nitrogens with one attached hydrogen (secondary N) is 1. The summed E-state index contributed by atoms with van der Waals surface area (Å²) in [7, 11) is 1.63. The minimum atomic E-state index is -1.27. The Kier molecular flexibility index (Phi) is 5.05. The molecule has 34 heavy (non-hydrogen) atoms. The van der Waals surface area contributed by atoms with Gasteiger partial charge >= 0.3 is 0 Å². The van der Waals surface area contributed by atoms with Crippen molar-refractivity contribution in [3.63, 3.8) is 0 Å². The van der Waals surface area contributed by atoms with Gasteiger partial charge in [-0.3, -0.25) is 4.79 Å². The van der Waals surface area contributed by atoms with Gasteiger partial charge in [-0.2, -0.15) is 0 Å². The van der Waals surface area contributed by atoms with Crippen LogP contribution in [0.4, 0.5) is 5.69 Å². The third-order valence-electron chi connectivity index (χ3n) is 6.65. The first-order chi connectivity index (χ1) is 16.4. The SMILES string of the molecule is COc1cccc(-c2ccc3c(c2)NC(=O)C3(c2cc(C)c(O)c(C)c2)c2ccccc2O)c1. The van der Waals surface area contributed by atoms with E-state index < -0.39 is 5.41 Å². The summed E-state index contributed by atoms with van der Waals surface area (Å²) in [6.07, 6.45) is 0. The first-order valence-electron chi connectivity index (χ1n) is 11.1. The van der Waals surface area contributed by atoms with Crippen molar-refractivity contribution in [2.24, 2.45) is 0 Å². The lowest BCUT2D eigenvalue weighted by molar-refractivity contribution is -0.118. The van der Waals surface area contributed by atoms with E-state index in [2.05, 4.69) is 5.32 Å². The minimum absolute atomic E-state index is 0.0331. The summed E-state index contributed by atoms with van der Waals surface area (Å²) in [6, 6.07) is 24.2. The largest absolute Gasteiger partial charge is 0.508 e. The number of aryl methyl sites for hydroxylation is 2.